The zero-order valence-electron chi connectivity index (χ0n) is 37.1. The van der Waals surface area contributed by atoms with E-state index < -0.39 is 153 Å². The van der Waals surface area contributed by atoms with Gasteiger partial charge in [-0.25, -0.2) is 4.79 Å². The Hall–Kier alpha value is -4.43. The van der Waals surface area contributed by atoms with E-state index in [0.29, 0.717) is 25.7 Å². The first-order valence-corrected chi connectivity index (χ1v) is 21.7. The molecule has 0 radical (unpaired) electrons. The lowest BCUT2D eigenvalue weighted by Gasteiger charge is -2.48. The predicted octanol–water partition coefficient (Wildman–Crippen LogP) is -4.24. The minimum absolute atomic E-state index is 0.0205. The lowest BCUT2D eigenvalue weighted by atomic mass is 9.88. The first-order chi connectivity index (χ1) is 32.1. The molecule has 3 aliphatic rings. The van der Waals surface area contributed by atoms with Crippen molar-refractivity contribution in [3.63, 3.8) is 0 Å². The number of Topliss-reactive ketones (excluding diaryl/α,β-unsaturated/α-hetero) is 1. The number of carbonyl (C=O) groups excluding carboxylic acids is 4. The molecule has 0 bridgehead atoms. The number of nitrogens with zero attached hydrogens (tertiary/aromatic N) is 1. The maximum atomic E-state index is 12.6. The van der Waals surface area contributed by atoms with Crippen LogP contribution in [0.5, 0.6) is 5.75 Å². The number of carbonyl (C=O) groups is 5. The Labute approximate surface area is 387 Å². The van der Waals surface area contributed by atoms with Crippen LogP contribution >= 0.6 is 0 Å². The molecule has 384 valence electrons. The number of ketones is 1. The molecular weight excluding hydrogens is 918 g/mol. The van der Waals surface area contributed by atoms with Crippen molar-refractivity contribution in [2.24, 2.45) is 0 Å². The van der Waals surface area contributed by atoms with Crippen LogP contribution in [0.2, 0.25) is 0 Å². The number of carboxylic acids is 1. The largest absolute Gasteiger partial charge is 0.477 e. The molecule has 2 amide bonds. The Morgan fingerprint density at radius 2 is 1.43 bits per heavy atom. The second kappa shape index (κ2) is 26.0. The van der Waals surface area contributed by atoms with Crippen molar-refractivity contribution < 1.29 is 113 Å². The van der Waals surface area contributed by atoms with Crippen molar-refractivity contribution >= 4 is 35.2 Å². The summed E-state index contributed by atoms with van der Waals surface area (Å²) in [5.41, 5.74) is -0.154. The van der Waals surface area contributed by atoms with Gasteiger partial charge in [-0.2, -0.15) is 0 Å². The first kappa shape index (κ1) is 56.2. The molecule has 3 heterocycles. The molecule has 4 rings (SSSR count). The zero-order valence-corrected chi connectivity index (χ0v) is 37.1. The molecule has 68 heavy (non-hydrogen) atoms. The highest BCUT2D eigenvalue weighted by atomic mass is 16.8. The van der Waals surface area contributed by atoms with Gasteiger partial charge in [0.05, 0.1) is 36.9 Å². The van der Waals surface area contributed by atoms with Gasteiger partial charge in [-0.15, -0.1) is 0 Å². The third-order valence-electron chi connectivity index (χ3n) is 11.3. The molecule has 3 fully saturated rings. The molecule has 0 spiro atoms. The number of carboxylic acid groups (broad SMARTS) is 1. The molecule has 1 aromatic rings. The highest BCUT2D eigenvalue weighted by molar-refractivity contribution is 5.78. The molecule has 0 saturated carbocycles. The Morgan fingerprint density at radius 1 is 0.824 bits per heavy atom. The number of rotatable bonds is 25. The summed E-state index contributed by atoms with van der Waals surface area (Å²) in [6.45, 7) is -0.782. The number of unbranched alkanes of at least 4 members (excludes halogenated alkanes) is 2. The molecule has 8 unspecified atom stereocenters. The number of nitro benzene ring substituents is 1. The summed E-state index contributed by atoms with van der Waals surface area (Å²) in [6.07, 6.45) is -23.1. The summed E-state index contributed by atoms with van der Waals surface area (Å²) < 4.78 is 39.4. The molecule has 27 heteroatoms. The average molecular weight is 980 g/mol. The SMILES string of the molecule is CC(=O)NC1[C@H](OCCCCC(=O)CCCCC(=O)Oc2ccc([N+](=O)[O-])cc2)OC(CO)[C@@H](O[C@@H]2OC(CO[C@]3(C(=O)O)CC(O)[C@@H](NC(C)=O)C(C(O)C(O)CO)O3)[C@H](O)[C@H](O)C2O)[C@@H]1O. The van der Waals surface area contributed by atoms with Gasteiger partial charge in [0, 0.05) is 58.3 Å². The Morgan fingerprint density at radius 3 is 2.01 bits per heavy atom. The number of hydrogen-bond donors (Lipinski definition) is 12. The number of aliphatic carboxylic acids is 1. The second-order valence-corrected chi connectivity index (χ2v) is 16.5. The van der Waals surface area contributed by atoms with E-state index in [9.17, 15) is 85.2 Å². The molecule has 0 aliphatic carbocycles. The summed E-state index contributed by atoms with van der Waals surface area (Å²) in [6, 6.07) is 2.11. The summed E-state index contributed by atoms with van der Waals surface area (Å²) in [7, 11) is 0. The van der Waals surface area contributed by atoms with Crippen LogP contribution in [0.15, 0.2) is 24.3 Å². The number of hydrogen-bond acceptors (Lipinski definition) is 23. The van der Waals surface area contributed by atoms with Gasteiger partial charge in [0.15, 0.2) is 12.6 Å². The van der Waals surface area contributed by atoms with Crippen LogP contribution < -0.4 is 15.4 Å². The maximum absolute atomic E-state index is 12.6. The molecular formula is C41H61N3O24. The number of nitro groups is 1. The summed E-state index contributed by atoms with van der Waals surface area (Å²) in [5, 5.41) is 121. The van der Waals surface area contributed by atoms with E-state index in [-0.39, 0.29) is 43.1 Å². The molecule has 16 atom stereocenters. The lowest BCUT2D eigenvalue weighted by molar-refractivity contribution is -0.384. The van der Waals surface area contributed by atoms with Gasteiger partial charge in [-0.05, 0) is 37.8 Å². The fraction of sp³-hybridized carbons (Fsp3) is 0.732. The van der Waals surface area contributed by atoms with Crippen molar-refractivity contribution in [2.75, 3.05) is 26.4 Å². The lowest BCUT2D eigenvalue weighted by Crippen LogP contribution is -2.69. The minimum atomic E-state index is -2.89. The van der Waals surface area contributed by atoms with Crippen LogP contribution in [-0.4, -0.2) is 210 Å². The van der Waals surface area contributed by atoms with E-state index in [1.54, 1.807) is 0 Å². The fourth-order valence-corrected chi connectivity index (χ4v) is 7.74. The normalized spacial score (nSPS) is 32.6. The molecule has 0 aromatic heterocycles. The van der Waals surface area contributed by atoms with E-state index in [1.165, 1.54) is 24.3 Å². The zero-order chi connectivity index (χ0) is 50.5. The highest BCUT2D eigenvalue weighted by Gasteiger charge is 2.57. The van der Waals surface area contributed by atoms with E-state index in [4.69, 9.17) is 33.2 Å². The number of nitrogens with one attached hydrogen (secondary N) is 2. The second-order valence-electron chi connectivity index (χ2n) is 16.5. The van der Waals surface area contributed by atoms with Gasteiger partial charge in [0.1, 0.15) is 78.6 Å². The van der Waals surface area contributed by atoms with Crippen molar-refractivity contribution in [3.8, 4) is 5.75 Å². The number of esters is 1. The molecule has 3 saturated heterocycles. The molecule has 1 aromatic carbocycles. The maximum Gasteiger partial charge on any atom is 0.364 e. The highest BCUT2D eigenvalue weighted by Crippen LogP contribution is 2.36. The Kier molecular flexibility index (Phi) is 21.4. The van der Waals surface area contributed by atoms with Crippen LogP contribution in [0.3, 0.4) is 0 Å². The van der Waals surface area contributed by atoms with Crippen LogP contribution in [0.1, 0.15) is 65.2 Å². The summed E-state index contributed by atoms with van der Waals surface area (Å²) in [5.74, 6) is -6.68. The van der Waals surface area contributed by atoms with E-state index in [2.05, 4.69) is 10.6 Å². The minimum Gasteiger partial charge on any atom is -0.477 e. The van der Waals surface area contributed by atoms with Gasteiger partial charge in [-0.3, -0.25) is 29.3 Å². The topological polar surface area (TPSA) is 419 Å². The summed E-state index contributed by atoms with van der Waals surface area (Å²) >= 11 is 0. The Balaban J connectivity index is 1.32. The number of non-ortho nitro benzene ring substituents is 1. The number of amides is 2. The van der Waals surface area contributed by atoms with Crippen molar-refractivity contribution in [1.82, 2.24) is 10.6 Å². The van der Waals surface area contributed by atoms with Gasteiger partial charge in [0.25, 0.3) is 11.5 Å². The van der Waals surface area contributed by atoms with E-state index in [1.807, 2.05) is 0 Å². The number of aliphatic hydroxyl groups is 9. The average Bonchev–Trinajstić information content (AvgIpc) is 3.29. The quantitative estimate of drug-likeness (QED) is 0.0145. The van der Waals surface area contributed by atoms with Crippen LogP contribution in [0.4, 0.5) is 5.69 Å². The van der Waals surface area contributed by atoms with Crippen LogP contribution in [-0.2, 0) is 52.4 Å². The first-order valence-electron chi connectivity index (χ1n) is 21.7. The predicted molar refractivity (Wildman–Crippen MR) is 221 cm³/mol. The Bertz CT molecular complexity index is 1840. The van der Waals surface area contributed by atoms with E-state index in [0.717, 1.165) is 13.8 Å². The smallest absolute Gasteiger partial charge is 0.364 e. The summed E-state index contributed by atoms with van der Waals surface area (Å²) in [4.78, 5) is 71.5. The molecule has 27 nitrogen and oxygen atoms in total. The number of benzene rings is 1. The van der Waals surface area contributed by atoms with Crippen molar-refractivity contribution in [1.29, 1.82) is 0 Å². The third-order valence-corrected chi connectivity index (χ3v) is 11.3. The third kappa shape index (κ3) is 15.0. The monoisotopic (exact) mass is 979 g/mol. The van der Waals surface area contributed by atoms with Crippen molar-refractivity contribution in [3.05, 3.63) is 34.4 Å². The molecule has 12 N–H and O–H groups in total. The number of aliphatic hydroxyl groups excluding tert-OH is 9. The fourth-order valence-electron chi connectivity index (χ4n) is 7.74. The molecule has 3 aliphatic heterocycles. The van der Waals surface area contributed by atoms with Crippen molar-refractivity contribution in [2.45, 2.75) is 163 Å². The van der Waals surface area contributed by atoms with Crippen LogP contribution in [0.25, 0.3) is 0 Å². The van der Waals surface area contributed by atoms with Gasteiger partial charge < -0.3 is 94.9 Å². The van der Waals surface area contributed by atoms with E-state index >= 15 is 0 Å². The standard InChI is InChI=1S/C41H61N3O24/c1-19(47)42-29-24(50)15-41(40(58)59,68-37(29)31(53)25(51)16-45)63-18-27-32(54)34(56)35(57)39(66-27)67-36-26(17-46)65-38(30(33(36)55)43-20(2)48)62-14-6-5-8-22(49)7-3-4-9-28(52)64-23-12-10-21(11-13-23)44(60)61/h10-13,24-27,29-39,45-46,50-51,53-57H,3-9,14-18H2,1-2H3,(H,42,47)(H,43,48)(H,58,59)/t24?,25?,26?,27?,29-,30?,31?,32+,33-,34+,35?,36-,37?,38-,39+,41-/m1/s1. The number of ether oxygens (including phenoxy) is 7. The van der Waals surface area contributed by atoms with Crippen LogP contribution in [0, 0.1) is 10.1 Å². The van der Waals surface area contributed by atoms with Gasteiger partial charge >= 0.3 is 11.9 Å². The van der Waals surface area contributed by atoms with Gasteiger partial charge in [0.2, 0.25) is 11.8 Å². The van der Waals surface area contributed by atoms with Gasteiger partial charge in [-0.1, -0.05) is 0 Å².